The molecule has 5 N–H and O–H groups in total. The number of nitrogens with zero attached hydrogens (tertiary/aromatic N) is 2. The van der Waals surface area contributed by atoms with E-state index in [4.69, 9.17) is 5.73 Å². The van der Waals surface area contributed by atoms with Gasteiger partial charge in [-0.15, -0.1) is 0 Å². The molecule has 0 bridgehead atoms. The number of amides is 2. The van der Waals surface area contributed by atoms with Crippen LogP contribution in [0.4, 0.5) is 26.5 Å². The summed E-state index contributed by atoms with van der Waals surface area (Å²) < 4.78 is 12.9. The van der Waals surface area contributed by atoms with Crippen LogP contribution in [-0.2, 0) is 13.0 Å². The Labute approximate surface area is 162 Å². The lowest BCUT2D eigenvalue weighted by molar-refractivity contribution is 0.262. The Morgan fingerprint density at radius 2 is 1.82 bits per heavy atom. The Balaban J connectivity index is 1.45. The van der Waals surface area contributed by atoms with Gasteiger partial charge in [0.1, 0.15) is 11.6 Å². The normalized spacial score (nSPS) is 10.5. The maximum atomic E-state index is 12.9. The van der Waals surface area contributed by atoms with E-state index in [0.717, 1.165) is 24.1 Å². The summed E-state index contributed by atoms with van der Waals surface area (Å²) in [6, 6.07) is 13.6. The third-order valence-corrected chi connectivity index (χ3v) is 3.93. The lowest BCUT2D eigenvalue weighted by Gasteiger charge is -2.09. The zero-order valence-corrected chi connectivity index (χ0v) is 15.2. The molecule has 0 aliphatic rings. The number of nitrogens with one attached hydrogen (secondary N) is 3. The minimum absolute atomic E-state index is 0.236. The van der Waals surface area contributed by atoms with Crippen LogP contribution in [0, 0.1) is 5.82 Å². The first-order chi connectivity index (χ1) is 13.6. The monoisotopic (exact) mass is 380 g/mol. The van der Waals surface area contributed by atoms with Gasteiger partial charge in [-0.05, 0) is 48.4 Å². The van der Waals surface area contributed by atoms with Crippen molar-refractivity contribution in [1.29, 1.82) is 0 Å². The van der Waals surface area contributed by atoms with Crippen LogP contribution >= 0.6 is 0 Å². The van der Waals surface area contributed by atoms with Gasteiger partial charge in [-0.3, -0.25) is 5.32 Å². The van der Waals surface area contributed by atoms with Gasteiger partial charge in [0, 0.05) is 12.2 Å². The topological polar surface area (TPSA) is 105 Å². The molecule has 0 fully saturated rings. The van der Waals surface area contributed by atoms with Crippen molar-refractivity contribution in [2.24, 2.45) is 0 Å². The van der Waals surface area contributed by atoms with Crippen molar-refractivity contribution in [3.8, 4) is 0 Å². The van der Waals surface area contributed by atoms with Gasteiger partial charge in [-0.2, -0.15) is 0 Å². The van der Waals surface area contributed by atoms with E-state index in [1.807, 2.05) is 24.3 Å². The van der Waals surface area contributed by atoms with Gasteiger partial charge >= 0.3 is 6.03 Å². The number of aromatic nitrogens is 2. The summed E-state index contributed by atoms with van der Waals surface area (Å²) in [6.45, 7) is 1.43. The second-order valence-corrected chi connectivity index (χ2v) is 6.16. The summed E-state index contributed by atoms with van der Waals surface area (Å²) >= 11 is 0. The molecular formula is C20H21FN6O. The molecule has 0 aliphatic carbocycles. The quantitative estimate of drug-likeness (QED) is 0.471. The maximum Gasteiger partial charge on any atom is 0.324 e. The highest BCUT2D eigenvalue weighted by Gasteiger charge is 2.05. The average Bonchev–Trinajstić information content (AvgIpc) is 2.69. The second kappa shape index (κ2) is 9.43. The Morgan fingerprint density at radius 1 is 1.00 bits per heavy atom. The summed E-state index contributed by atoms with van der Waals surface area (Å²) in [4.78, 5) is 19.9. The first kappa shape index (κ1) is 19.2. The van der Waals surface area contributed by atoms with Crippen molar-refractivity contribution in [1.82, 2.24) is 15.3 Å². The van der Waals surface area contributed by atoms with Crippen molar-refractivity contribution in [3.05, 3.63) is 77.9 Å². The molecule has 0 aliphatic heterocycles. The molecule has 28 heavy (non-hydrogen) atoms. The fraction of sp³-hybridized carbons (Fsp3) is 0.150. The van der Waals surface area contributed by atoms with E-state index >= 15 is 0 Å². The number of benzene rings is 2. The molecule has 1 heterocycles. The number of carbonyl (C=O) groups excluding carboxylic acids is 1. The molecule has 0 radical (unpaired) electrons. The fourth-order valence-corrected chi connectivity index (χ4v) is 2.55. The van der Waals surface area contributed by atoms with E-state index in [0.29, 0.717) is 18.1 Å². The van der Waals surface area contributed by atoms with Crippen molar-refractivity contribution in [3.63, 3.8) is 0 Å². The summed E-state index contributed by atoms with van der Waals surface area (Å²) in [5.41, 5.74) is 8.25. The molecule has 0 atom stereocenters. The van der Waals surface area contributed by atoms with Crippen LogP contribution in [0.25, 0.3) is 0 Å². The van der Waals surface area contributed by atoms with E-state index < -0.39 is 6.03 Å². The molecule has 8 heteroatoms. The number of rotatable bonds is 7. The average molecular weight is 380 g/mol. The van der Waals surface area contributed by atoms with Gasteiger partial charge in [0.15, 0.2) is 5.82 Å². The van der Waals surface area contributed by atoms with Crippen LogP contribution in [0.2, 0.25) is 0 Å². The van der Waals surface area contributed by atoms with Crippen LogP contribution in [0.3, 0.4) is 0 Å². The molecule has 7 nitrogen and oxygen atoms in total. The van der Waals surface area contributed by atoms with Gasteiger partial charge in [-0.25, -0.2) is 19.2 Å². The van der Waals surface area contributed by atoms with Gasteiger partial charge in [-0.1, -0.05) is 24.3 Å². The predicted octanol–water partition coefficient (Wildman–Crippen LogP) is 3.17. The summed E-state index contributed by atoms with van der Waals surface area (Å²) in [5, 5.41) is 8.67. The molecule has 144 valence electrons. The van der Waals surface area contributed by atoms with Gasteiger partial charge in [0.25, 0.3) is 0 Å². The largest absolute Gasteiger partial charge is 0.382 e. The second-order valence-electron chi connectivity index (χ2n) is 6.16. The molecule has 0 saturated carbocycles. The number of carbonyl (C=O) groups is 1. The third kappa shape index (κ3) is 6.03. The first-order valence-electron chi connectivity index (χ1n) is 8.78. The van der Waals surface area contributed by atoms with Crippen LogP contribution in [0.15, 0.2) is 60.9 Å². The Kier molecular flexibility index (Phi) is 6.48. The zero-order chi connectivity index (χ0) is 19.8. The van der Waals surface area contributed by atoms with E-state index in [-0.39, 0.29) is 11.6 Å². The summed E-state index contributed by atoms with van der Waals surface area (Å²) in [6.07, 6.45) is 3.55. The van der Waals surface area contributed by atoms with Crippen LogP contribution in [0.1, 0.15) is 11.1 Å². The predicted molar refractivity (Wildman–Crippen MR) is 107 cm³/mol. The molecule has 0 saturated heterocycles. The Hall–Kier alpha value is -3.52. The van der Waals surface area contributed by atoms with Gasteiger partial charge < -0.3 is 16.4 Å². The van der Waals surface area contributed by atoms with E-state index in [1.54, 1.807) is 12.1 Å². The molecule has 3 aromatic rings. The van der Waals surface area contributed by atoms with Crippen molar-refractivity contribution in [2.45, 2.75) is 13.0 Å². The van der Waals surface area contributed by atoms with Crippen LogP contribution in [0.5, 0.6) is 0 Å². The third-order valence-electron chi connectivity index (χ3n) is 3.93. The van der Waals surface area contributed by atoms with Crippen molar-refractivity contribution >= 4 is 23.4 Å². The lowest BCUT2D eigenvalue weighted by Crippen LogP contribution is -2.20. The number of nitrogens with two attached hydrogens (primary N) is 1. The number of anilines is 3. The molecule has 2 aromatic carbocycles. The highest BCUT2D eigenvalue weighted by molar-refractivity contribution is 5.99. The first-order valence-corrected chi connectivity index (χ1v) is 8.78. The Bertz CT molecular complexity index is 915. The zero-order valence-electron chi connectivity index (χ0n) is 15.2. The smallest absolute Gasteiger partial charge is 0.324 e. The van der Waals surface area contributed by atoms with E-state index in [1.165, 1.54) is 24.5 Å². The summed E-state index contributed by atoms with van der Waals surface area (Å²) in [7, 11) is 0. The lowest BCUT2D eigenvalue weighted by atomic mass is 10.1. The van der Waals surface area contributed by atoms with Gasteiger partial charge in [0.2, 0.25) is 0 Å². The summed E-state index contributed by atoms with van der Waals surface area (Å²) in [5.74, 6) is 0.361. The van der Waals surface area contributed by atoms with Crippen molar-refractivity contribution in [2.75, 3.05) is 22.9 Å². The highest BCUT2D eigenvalue weighted by atomic mass is 19.1. The molecule has 1 aromatic heterocycles. The minimum Gasteiger partial charge on any atom is -0.382 e. The number of nitrogen functional groups attached to an aromatic ring is 1. The fourth-order valence-electron chi connectivity index (χ4n) is 2.55. The molecule has 3 rings (SSSR count). The highest BCUT2D eigenvalue weighted by Crippen LogP contribution is 2.12. The van der Waals surface area contributed by atoms with E-state index in [9.17, 15) is 9.18 Å². The van der Waals surface area contributed by atoms with Crippen molar-refractivity contribution < 1.29 is 9.18 Å². The number of halogens is 1. The Morgan fingerprint density at radius 3 is 2.57 bits per heavy atom. The molecule has 0 spiro atoms. The SMILES string of the molecule is Nc1cnc(NC(=O)Nc2cccc(CCNCc3ccc(F)cc3)c2)cn1. The molecular weight excluding hydrogens is 359 g/mol. The number of hydrogen-bond donors (Lipinski definition) is 4. The van der Waals surface area contributed by atoms with Crippen LogP contribution < -0.4 is 21.7 Å². The molecule has 0 unspecified atom stereocenters. The maximum absolute atomic E-state index is 12.9. The standard InChI is InChI=1S/C20H21FN6O/c21-16-6-4-15(5-7-16)11-23-9-8-14-2-1-3-17(10-14)26-20(28)27-19-13-24-18(22)12-25-19/h1-7,10,12-13,23H,8-9,11H2,(H2,22,24)(H2,25,26,27,28). The minimum atomic E-state index is -0.411. The van der Waals surface area contributed by atoms with Crippen LogP contribution in [-0.4, -0.2) is 22.5 Å². The van der Waals surface area contributed by atoms with Gasteiger partial charge in [0.05, 0.1) is 12.4 Å². The number of hydrogen-bond acceptors (Lipinski definition) is 5. The van der Waals surface area contributed by atoms with E-state index in [2.05, 4.69) is 25.9 Å². The molecule has 2 amide bonds. The number of urea groups is 1.